The van der Waals surface area contributed by atoms with Crippen molar-refractivity contribution in [2.24, 2.45) is 4.99 Å². The fourth-order valence-corrected chi connectivity index (χ4v) is 3.30. The van der Waals surface area contributed by atoms with Crippen LogP contribution < -0.4 is 15.0 Å². The Kier molecular flexibility index (Phi) is 8.50. The minimum absolute atomic E-state index is 0. The predicted octanol–water partition coefficient (Wildman–Crippen LogP) is 3.12. The van der Waals surface area contributed by atoms with Crippen molar-refractivity contribution in [3.8, 4) is 5.75 Å². The van der Waals surface area contributed by atoms with E-state index >= 15 is 0 Å². The second kappa shape index (κ2) is 10.8. The molecule has 29 heavy (non-hydrogen) atoms. The fourth-order valence-electron chi connectivity index (χ4n) is 3.30. The van der Waals surface area contributed by atoms with E-state index in [9.17, 15) is 10.1 Å². The van der Waals surface area contributed by atoms with Gasteiger partial charge in [0.15, 0.2) is 5.96 Å². The average molecular weight is 511 g/mol. The Hall–Kier alpha value is -2.56. The number of nitro benzene ring substituents is 1. The van der Waals surface area contributed by atoms with Crippen LogP contribution >= 0.6 is 24.0 Å². The second-order valence-electron chi connectivity index (χ2n) is 6.47. The molecule has 1 heterocycles. The van der Waals surface area contributed by atoms with Crippen LogP contribution in [0.25, 0.3) is 0 Å². The van der Waals surface area contributed by atoms with Gasteiger partial charge in [-0.1, -0.05) is 24.3 Å². The highest BCUT2D eigenvalue weighted by molar-refractivity contribution is 14.0. The molecule has 0 unspecified atom stereocenters. The molecule has 3 rings (SSSR count). The van der Waals surface area contributed by atoms with Gasteiger partial charge in [0, 0.05) is 51.9 Å². The van der Waals surface area contributed by atoms with E-state index in [0.717, 1.165) is 49.1 Å². The van der Waals surface area contributed by atoms with Crippen LogP contribution in [0.3, 0.4) is 0 Å². The molecule has 0 aromatic heterocycles. The molecule has 1 aliphatic heterocycles. The number of benzene rings is 2. The van der Waals surface area contributed by atoms with E-state index in [0.29, 0.717) is 6.54 Å². The van der Waals surface area contributed by atoms with E-state index in [2.05, 4.69) is 26.2 Å². The van der Waals surface area contributed by atoms with Gasteiger partial charge in [-0.05, 0) is 17.7 Å². The Morgan fingerprint density at radius 1 is 1.14 bits per heavy atom. The largest absolute Gasteiger partial charge is 0.495 e. The lowest BCUT2D eigenvalue weighted by molar-refractivity contribution is -0.384. The predicted molar refractivity (Wildman–Crippen MR) is 125 cm³/mol. The lowest BCUT2D eigenvalue weighted by atomic mass is 10.2. The first-order chi connectivity index (χ1) is 13.6. The van der Waals surface area contributed by atoms with Gasteiger partial charge in [0.1, 0.15) is 5.75 Å². The number of hydrogen-bond acceptors (Lipinski definition) is 5. The summed E-state index contributed by atoms with van der Waals surface area (Å²) in [6.45, 7) is 4.00. The summed E-state index contributed by atoms with van der Waals surface area (Å²) in [4.78, 5) is 19.3. The minimum atomic E-state index is -0.392. The summed E-state index contributed by atoms with van der Waals surface area (Å²) in [7, 11) is 3.46. The van der Waals surface area contributed by atoms with Crippen LogP contribution in [0.1, 0.15) is 5.56 Å². The summed E-state index contributed by atoms with van der Waals surface area (Å²) in [5.41, 5.74) is 2.18. The molecule has 0 bridgehead atoms. The summed E-state index contributed by atoms with van der Waals surface area (Å²) in [5.74, 6) is 1.72. The molecule has 0 radical (unpaired) electrons. The number of para-hydroxylation sites is 2. The monoisotopic (exact) mass is 511 g/mol. The highest BCUT2D eigenvalue weighted by Crippen LogP contribution is 2.28. The van der Waals surface area contributed by atoms with Gasteiger partial charge in [0.05, 0.1) is 17.7 Å². The number of anilines is 1. The molecule has 0 saturated carbocycles. The van der Waals surface area contributed by atoms with E-state index in [1.54, 1.807) is 26.3 Å². The number of piperazine rings is 1. The van der Waals surface area contributed by atoms with Crippen LogP contribution in [0.4, 0.5) is 11.4 Å². The summed E-state index contributed by atoms with van der Waals surface area (Å²) in [6.07, 6.45) is 0. The molecule has 156 valence electrons. The molecule has 8 nitrogen and oxygen atoms in total. The Labute approximate surface area is 187 Å². The smallest absolute Gasteiger partial charge is 0.269 e. The number of methoxy groups -OCH3 is 1. The van der Waals surface area contributed by atoms with Gasteiger partial charge in [-0.15, -0.1) is 24.0 Å². The first-order valence-corrected chi connectivity index (χ1v) is 9.19. The van der Waals surface area contributed by atoms with Crippen molar-refractivity contribution in [3.63, 3.8) is 0 Å². The highest BCUT2D eigenvalue weighted by Gasteiger charge is 2.21. The topological polar surface area (TPSA) is 83.2 Å². The first-order valence-electron chi connectivity index (χ1n) is 9.19. The summed E-state index contributed by atoms with van der Waals surface area (Å²) >= 11 is 0. The average Bonchev–Trinajstić information content (AvgIpc) is 2.75. The maximum atomic E-state index is 10.8. The lowest BCUT2D eigenvalue weighted by Gasteiger charge is -2.38. The number of guanidine groups is 1. The van der Waals surface area contributed by atoms with Crippen molar-refractivity contribution in [1.82, 2.24) is 10.2 Å². The standard InChI is InChI=1S/C20H25N5O3.HI/c1-21-20(22-15-16-7-9-17(10-8-16)25(26)27)24-13-11-23(12-14-24)18-5-3-4-6-19(18)28-2;/h3-10H,11-15H2,1-2H3,(H,21,22);1H. The van der Waals surface area contributed by atoms with Crippen LogP contribution in [0.15, 0.2) is 53.5 Å². The molecule has 0 aliphatic carbocycles. The van der Waals surface area contributed by atoms with Crippen molar-refractivity contribution in [2.75, 3.05) is 45.2 Å². The van der Waals surface area contributed by atoms with Crippen molar-refractivity contribution >= 4 is 41.3 Å². The number of hydrogen-bond donors (Lipinski definition) is 1. The molecule has 9 heteroatoms. The first kappa shape index (κ1) is 22.7. The number of nitro groups is 1. The number of aliphatic imine (C=N–C) groups is 1. The Morgan fingerprint density at radius 3 is 2.38 bits per heavy atom. The third-order valence-electron chi connectivity index (χ3n) is 4.81. The van der Waals surface area contributed by atoms with Gasteiger partial charge in [-0.3, -0.25) is 15.1 Å². The quantitative estimate of drug-likeness (QED) is 0.219. The highest BCUT2D eigenvalue weighted by atomic mass is 127. The van der Waals surface area contributed by atoms with Gasteiger partial charge >= 0.3 is 0 Å². The van der Waals surface area contributed by atoms with Gasteiger partial charge in [0.25, 0.3) is 5.69 Å². The second-order valence-corrected chi connectivity index (χ2v) is 6.47. The number of ether oxygens (including phenoxy) is 1. The van der Waals surface area contributed by atoms with Gasteiger partial charge in [-0.25, -0.2) is 0 Å². The number of non-ortho nitro benzene ring substituents is 1. The van der Waals surface area contributed by atoms with E-state index in [-0.39, 0.29) is 29.7 Å². The van der Waals surface area contributed by atoms with Crippen molar-refractivity contribution in [3.05, 3.63) is 64.2 Å². The molecule has 1 N–H and O–H groups in total. The van der Waals surface area contributed by atoms with E-state index in [1.165, 1.54) is 12.1 Å². The molecule has 0 spiro atoms. The third kappa shape index (κ3) is 5.72. The van der Waals surface area contributed by atoms with Crippen LogP contribution in [-0.2, 0) is 6.54 Å². The van der Waals surface area contributed by atoms with Crippen molar-refractivity contribution in [2.45, 2.75) is 6.54 Å². The van der Waals surface area contributed by atoms with Gasteiger partial charge in [0.2, 0.25) is 0 Å². The Bertz CT molecular complexity index is 836. The van der Waals surface area contributed by atoms with E-state index in [4.69, 9.17) is 4.74 Å². The van der Waals surface area contributed by atoms with Crippen LogP contribution in [0.2, 0.25) is 0 Å². The Morgan fingerprint density at radius 2 is 1.79 bits per heavy atom. The van der Waals surface area contributed by atoms with Crippen molar-refractivity contribution in [1.29, 1.82) is 0 Å². The SMILES string of the molecule is CN=C(NCc1ccc([N+](=O)[O-])cc1)N1CCN(c2ccccc2OC)CC1.I. The van der Waals surface area contributed by atoms with Crippen LogP contribution in [0, 0.1) is 10.1 Å². The summed E-state index contributed by atoms with van der Waals surface area (Å²) in [6, 6.07) is 14.6. The Balaban J connectivity index is 0.00000300. The lowest BCUT2D eigenvalue weighted by Crippen LogP contribution is -2.52. The maximum Gasteiger partial charge on any atom is 0.269 e. The van der Waals surface area contributed by atoms with Gasteiger partial charge < -0.3 is 19.9 Å². The van der Waals surface area contributed by atoms with Crippen LogP contribution in [-0.4, -0.2) is 56.1 Å². The zero-order valence-corrected chi connectivity index (χ0v) is 18.9. The molecule has 1 saturated heterocycles. The maximum absolute atomic E-state index is 10.8. The normalized spacial score (nSPS) is 14.2. The number of nitrogens with one attached hydrogen (secondary N) is 1. The fraction of sp³-hybridized carbons (Fsp3) is 0.350. The van der Waals surface area contributed by atoms with Crippen LogP contribution in [0.5, 0.6) is 5.75 Å². The number of nitrogens with zero attached hydrogens (tertiary/aromatic N) is 4. The molecule has 0 atom stereocenters. The summed E-state index contributed by atoms with van der Waals surface area (Å²) < 4.78 is 5.47. The van der Waals surface area contributed by atoms with E-state index < -0.39 is 4.92 Å². The van der Waals surface area contributed by atoms with Crippen molar-refractivity contribution < 1.29 is 9.66 Å². The molecule has 0 amide bonds. The minimum Gasteiger partial charge on any atom is -0.495 e. The molecular weight excluding hydrogens is 485 g/mol. The molecule has 1 fully saturated rings. The summed E-state index contributed by atoms with van der Waals surface area (Å²) in [5, 5.41) is 14.1. The third-order valence-corrected chi connectivity index (χ3v) is 4.81. The number of rotatable bonds is 5. The molecule has 1 aliphatic rings. The molecular formula is C20H26IN5O3. The molecule has 2 aromatic rings. The van der Waals surface area contributed by atoms with Gasteiger partial charge in [-0.2, -0.15) is 0 Å². The number of halogens is 1. The zero-order chi connectivity index (χ0) is 19.9. The molecule has 2 aromatic carbocycles. The van der Waals surface area contributed by atoms with E-state index in [1.807, 2.05) is 18.2 Å². The zero-order valence-electron chi connectivity index (χ0n) is 16.6.